The average Bonchev–Trinajstić information content (AvgIpc) is 2.97. The predicted molar refractivity (Wildman–Crippen MR) is 68.3 cm³/mol. The summed E-state index contributed by atoms with van der Waals surface area (Å²) < 4.78 is 0.492. The summed E-state index contributed by atoms with van der Waals surface area (Å²) in [7, 11) is 0. The minimum Gasteiger partial charge on any atom is -0.481 e. The third-order valence-corrected chi connectivity index (χ3v) is 4.15. The van der Waals surface area contributed by atoms with Crippen molar-refractivity contribution in [3.63, 3.8) is 0 Å². The van der Waals surface area contributed by atoms with Crippen molar-refractivity contribution in [1.29, 1.82) is 0 Å². The molecule has 2 N–H and O–H groups in total. The monoisotopic (exact) mass is 302 g/mol. The molecule has 2 rings (SSSR count). The lowest BCUT2D eigenvalue weighted by molar-refractivity contribution is -0.133. The summed E-state index contributed by atoms with van der Waals surface area (Å²) in [5.74, 6) is -1.38. The average molecular weight is 302 g/mol. The normalized spacial score (nSPS) is 10.2. The fourth-order valence-electron chi connectivity index (χ4n) is 0.928. The van der Waals surface area contributed by atoms with Crippen molar-refractivity contribution in [2.75, 3.05) is 11.1 Å². The van der Waals surface area contributed by atoms with Crippen molar-refractivity contribution in [3.8, 4) is 0 Å². The molecule has 0 spiro atoms. The maximum absolute atomic E-state index is 11.6. The first kappa shape index (κ1) is 12.9. The van der Waals surface area contributed by atoms with E-state index in [4.69, 9.17) is 5.11 Å². The molecule has 1 amide bonds. The standard InChI is InChI=1S/C8H6N4O3S3/c13-5(14)2-17-8-12-11-7(18-8)10-6(15)4-1-16-3-9-4/h1,3H,2H2,(H,13,14)(H,10,11,15). The predicted octanol–water partition coefficient (Wildman–Crippen LogP) is 1.42. The summed E-state index contributed by atoms with van der Waals surface area (Å²) in [5.41, 5.74) is 1.87. The lowest BCUT2D eigenvalue weighted by atomic mass is 10.5. The van der Waals surface area contributed by atoms with E-state index in [0.717, 1.165) is 23.1 Å². The highest BCUT2D eigenvalue weighted by Gasteiger charge is 2.12. The van der Waals surface area contributed by atoms with Crippen LogP contribution in [-0.2, 0) is 4.79 Å². The van der Waals surface area contributed by atoms with E-state index in [-0.39, 0.29) is 11.7 Å². The van der Waals surface area contributed by atoms with Gasteiger partial charge in [0.05, 0.1) is 11.3 Å². The first-order valence-electron chi connectivity index (χ1n) is 4.53. The zero-order valence-corrected chi connectivity index (χ0v) is 11.1. The van der Waals surface area contributed by atoms with Gasteiger partial charge in [-0.05, 0) is 0 Å². The summed E-state index contributed by atoms with van der Waals surface area (Å²) in [6, 6.07) is 0. The van der Waals surface area contributed by atoms with E-state index in [9.17, 15) is 9.59 Å². The highest BCUT2D eigenvalue weighted by atomic mass is 32.2. The highest BCUT2D eigenvalue weighted by Crippen LogP contribution is 2.25. The molecule has 2 aromatic rings. The molecule has 0 radical (unpaired) electrons. The van der Waals surface area contributed by atoms with Gasteiger partial charge in [0.1, 0.15) is 5.69 Å². The number of aliphatic carboxylic acids is 1. The van der Waals surface area contributed by atoms with E-state index in [1.807, 2.05) is 0 Å². The molecule has 7 nitrogen and oxygen atoms in total. The second kappa shape index (κ2) is 5.89. The number of carboxylic acid groups (broad SMARTS) is 1. The molecule has 0 aliphatic heterocycles. The van der Waals surface area contributed by atoms with Crippen LogP contribution in [0.25, 0.3) is 0 Å². The van der Waals surface area contributed by atoms with Gasteiger partial charge in [-0.3, -0.25) is 14.9 Å². The van der Waals surface area contributed by atoms with E-state index in [1.165, 1.54) is 11.3 Å². The lowest BCUT2D eigenvalue weighted by Crippen LogP contribution is -2.11. The summed E-state index contributed by atoms with van der Waals surface area (Å²) in [5, 5.41) is 20.5. The Hall–Kier alpha value is -1.52. The zero-order valence-electron chi connectivity index (χ0n) is 8.69. The van der Waals surface area contributed by atoms with Gasteiger partial charge in [0.15, 0.2) is 4.34 Å². The van der Waals surface area contributed by atoms with Gasteiger partial charge >= 0.3 is 5.97 Å². The Morgan fingerprint density at radius 2 is 2.28 bits per heavy atom. The van der Waals surface area contributed by atoms with Crippen LogP contribution in [0.1, 0.15) is 10.5 Å². The molecule has 18 heavy (non-hydrogen) atoms. The molecule has 2 aromatic heterocycles. The number of anilines is 1. The molecule has 0 saturated carbocycles. The quantitative estimate of drug-likeness (QED) is 0.635. The van der Waals surface area contributed by atoms with E-state index in [0.29, 0.717) is 15.2 Å². The fraction of sp³-hybridized carbons (Fsp3) is 0.125. The van der Waals surface area contributed by atoms with E-state index < -0.39 is 5.97 Å². The van der Waals surface area contributed by atoms with Gasteiger partial charge in [-0.2, -0.15) is 0 Å². The van der Waals surface area contributed by atoms with Gasteiger partial charge in [0.2, 0.25) is 5.13 Å². The Labute approximate surface area is 113 Å². The number of rotatable bonds is 5. The van der Waals surface area contributed by atoms with Crippen LogP contribution in [0.15, 0.2) is 15.2 Å². The van der Waals surface area contributed by atoms with Crippen LogP contribution >= 0.6 is 34.4 Å². The number of thiazole rings is 1. The number of nitrogens with zero attached hydrogens (tertiary/aromatic N) is 3. The molecule has 0 fully saturated rings. The third-order valence-electron chi connectivity index (χ3n) is 1.61. The molecule has 0 unspecified atom stereocenters. The van der Waals surface area contributed by atoms with Crippen LogP contribution in [0.4, 0.5) is 5.13 Å². The van der Waals surface area contributed by atoms with Crippen LogP contribution < -0.4 is 5.32 Å². The lowest BCUT2D eigenvalue weighted by Gasteiger charge is -1.95. The van der Waals surface area contributed by atoms with Gasteiger partial charge in [-0.25, -0.2) is 4.98 Å². The minimum atomic E-state index is -0.928. The van der Waals surface area contributed by atoms with Crippen molar-refractivity contribution < 1.29 is 14.7 Å². The number of carbonyl (C=O) groups excluding carboxylic acids is 1. The van der Waals surface area contributed by atoms with Crippen LogP contribution in [-0.4, -0.2) is 37.9 Å². The second-order valence-corrected chi connectivity index (χ2v) is 5.80. The third kappa shape index (κ3) is 3.48. The first-order chi connectivity index (χ1) is 8.65. The molecule has 0 aliphatic carbocycles. The summed E-state index contributed by atoms with van der Waals surface area (Å²) in [6.45, 7) is 0. The number of hydrogen-bond acceptors (Lipinski definition) is 8. The smallest absolute Gasteiger partial charge is 0.313 e. The number of nitrogens with one attached hydrogen (secondary N) is 1. The zero-order chi connectivity index (χ0) is 13.0. The van der Waals surface area contributed by atoms with Crippen LogP contribution in [0.3, 0.4) is 0 Å². The molecule has 0 aliphatic rings. The van der Waals surface area contributed by atoms with Gasteiger partial charge < -0.3 is 5.11 Å². The van der Waals surface area contributed by atoms with Crippen LogP contribution in [0.2, 0.25) is 0 Å². The molecule has 0 bridgehead atoms. The van der Waals surface area contributed by atoms with Gasteiger partial charge in [-0.1, -0.05) is 23.1 Å². The van der Waals surface area contributed by atoms with Crippen molar-refractivity contribution >= 4 is 51.4 Å². The maximum atomic E-state index is 11.6. The molecule has 2 heterocycles. The Bertz CT molecular complexity index is 554. The summed E-state index contributed by atoms with van der Waals surface area (Å²) in [6.07, 6.45) is 0. The molecular weight excluding hydrogens is 296 g/mol. The van der Waals surface area contributed by atoms with Gasteiger partial charge in [0.25, 0.3) is 5.91 Å². The Morgan fingerprint density at radius 3 is 2.94 bits per heavy atom. The van der Waals surface area contributed by atoms with E-state index in [1.54, 1.807) is 10.9 Å². The largest absolute Gasteiger partial charge is 0.481 e. The molecule has 0 atom stereocenters. The molecule has 10 heteroatoms. The molecule has 0 aromatic carbocycles. The molecule has 0 saturated heterocycles. The van der Waals surface area contributed by atoms with Gasteiger partial charge in [-0.15, -0.1) is 21.5 Å². The Balaban J connectivity index is 1.94. The Kier molecular flexibility index (Phi) is 4.23. The number of carboxylic acids is 1. The van der Waals surface area contributed by atoms with E-state index in [2.05, 4.69) is 20.5 Å². The first-order valence-corrected chi connectivity index (χ1v) is 7.27. The number of amides is 1. The Morgan fingerprint density at radius 1 is 1.44 bits per heavy atom. The number of thioether (sulfide) groups is 1. The second-order valence-electron chi connectivity index (χ2n) is 2.88. The number of aromatic nitrogens is 3. The van der Waals surface area contributed by atoms with Gasteiger partial charge in [0, 0.05) is 5.38 Å². The highest BCUT2D eigenvalue weighted by molar-refractivity contribution is 8.01. The van der Waals surface area contributed by atoms with Crippen molar-refractivity contribution in [3.05, 3.63) is 16.6 Å². The summed E-state index contributed by atoms with van der Waals surface area (Å²) >= 11 is 3.50. The SMILES string of the molecule is O=C(O)CSc1nnc(NC(=O)c2cscn2)s1. The molecular formula is C8H6N4O3S3. The minimum absolute atomic E-state index is 0.0886. The summed E-state index contributed by atoms with van der Waals surface area (Å²) in [4.78, 5) is 25.9. The number of hydrogen-bond donors (Lipinski definition) is 2. The van der Waals surface area contributed by atoms with Crippen molar-refractivity contribution in [2.45, 2.75) is 4.34 Å². The van der Waals surface area contributed by atoms with Crippen LogP contribution in [0, 0.1) is 0 Å². The van der Waals surface area contributed by atoms with Crippen LogP contribution in [0.5, 0.6) is 0 Å². The fourth-order valence-corrected chi connectivity index (χ4v) is 2.93. The molecule has 94 valence electrons. The van der Waals surface area contributed by atoms with Crippen molar-refractivity contribution in [1.82, 2.24) is 15.2 Å². The van der Waals surface area contributed by atoms with E-state index >= 15 is 0 Å². The maximum Gasteiger partial charge on any atom is 0.313 e. The topological polar surface area (TPSA) is 105 Å². The number of carbonyl (C=O) groups is 2. The van der Waals surface area contributed by atoms with Crippen molar-refractivity contribution in [2.24, 2.45) is 0 Å².